The Morgan fingerprint density at radius 2 is 1.92 bits per heavy atom. The standard InChI is InChI=1S/C19H27NO3S/c1-14(2)12-24-13-18(21)20-19(7-3-4-8-19)15-5-6-16-17(11-15)23-10-9-22-16/h5-6,11,14H,3-4,7-10,12-13H2,1-2H3,(H,20,21). The summed E-state index contributed by atoms with van der Waals surface area (Å²) in [5.41, 5.74) is 0.900. The van der Waals surface area contributed by atoms with Crippen LogP contribution in [0.4, 0.5) is 0 Å². The molecule has 0 bridgehead atoms. The van der Waals surface area contributed by atoms with Crippen LogP contribution in [0.2, 0.25) is 0 Å². The van der Waals surface area contributed by atoms with Crippen LogP contribution in [0.1, 0.15) is 45.1 Å². The molecule has 1 N–H and O–H groups in total. The topological polar surface area (TPSA) is 47.6 Å². The summed E-state index contributed by atoms with van der Waals surface area (Å²) < 4.78 is 11.3. The van der Waals surface area contributed by atoms with Crippen LogP contribution in [0.5, 0.6) is 11.5 Å². The lowest BCUT2D eigenvalue weighted by Crippen LogP contribution is -2.44. The second-order valence-electron chi connectivity index (χ2n) is 7.10. The number of amides is 1. The second-order valence-corrected chi connectivity index (χ2v) is 8.14. The summed E-state index contributed by atoms with van der Waals surface area (Å²) in [5, 5.41) is 3.33. The van der Waals surface area contributed by atoms with Gasteiger partial charge in [0.1, 0.15) is 13.2 Å². The summed E-state index contributed by atoms with van der Waals surface area (Å²) in [5.74, 6) is 3.90. The average molecular weight is 349 g/mol. The Morgan fingerprint density at radius 1 is 1.21 bits per heavy atom. The first-order chi connectivity index (χ1) is 11.6. The third-order valence-electron chi connectivity index (χ3n) is 4.61. The third kappa shape index (κ3) is 4.00. The largest absolute Gasteiger partial charge is 0.486 e. The summed E-state index contributed by atoms with van der Waals surface area (Å²) in [6, 6.07) is 6.12. The van der Waals surface area contributed by atoms with Gasteiger partial charge in [0.2, 0.25) is 5.91 Å². The average Bonchev–Trinajstić information content (AvgIpc) is 3.03. The molecule has 3 rings (SSSR count). The van der Waals surface area contributed by atoms with E-state index in [9.17, 15) is 4.79 Å². The number of ether oxygens (including phenoxy) is 2. The van der Waals surface area contributed by atoms with E-state index in [4.69, 9.17) is 9.47 Å². The molecule has 4 nitrogen and oxygen atoms in total. The van der Waals surface area contributed by atoms with Gasteiger partial charge in [-0.3, -0.25) is 4.79 Å². The Morgan fingerprint density at radius 3 is 2.62 bits per heavy atom. The molecule has 0 unspecified atom stereocenters. The zero-order chi connectivity index (χ0) is 17.0. The van der Waals surface area contributed by atoms with Crippen molar-refractivity contribution in [2.45, 2.75) is 45.1 Å². The number of carbonyl (C=O) groups excluding carboxylic acids is 1. The minimum atomic E-state index is -0.245. The van der Waals surface area contributed by atoms with Gasteiger partial charge in [-0.2, -0.15) is 11.8 Å². The van der Waals surface area contributed by atoms with Crippen LogP contribution in [0.3, 0.4) is 0 Å². The number of nitrogens with one attached hydrogen (secondary N) is 1. The monoisotopic (exact) mass is 349 g/mol. The maximum atomic E-state index is 12.5. The number of rotatable bonds is 6. The molecular weight excluding hydrogens is 322 g/mol. The summed E-state index contributed by atoms with van der Waals surface area (Å²) in [4.78, 5) is 12.5. The molecule has 1 aromatic rings. The highest BCUT2D eigenvalue weighted by Crippen LogP contribution is 2.42. The highest BCUT2D eigenvalue weighted by atomic mass is 32.2. The quantitative estimate of drug-likeness (QED) is 0.850. The number of fused-ring (bicyclic) bond motifs is 1. The van der Waals surface area contributed by atoms with Gasteiger partial charge in [0.15, 0.2) is 11.5 Å². The van der Waals surface area contributed by atoms with Gasteiger partial charge in [-0.1, -0.05) is 32.8 Å². The van der Waals surface area contributed by atoms with E-state index in [1.165, 1.54) is 0 Å². The van der Waals surface area contributed by atoms with Crippen molar-refractivity contribution in [3.05, 3.63) is 23.8 Å². The lowest BCUT2D eigenvalue weighted by atomic mass is 9.87. The first kappa shape index (κ1) is 17.5. The molecule has 2 aliphatic rings. The smallest absolute Gasteiger partial charge is 0.230 e. The van der Waals surface area contributed by atoms with Gasteiger partial charge >= 0.3 is 0 Å². The number of thioether (sulfide) groups is 1. The summed E-state index contributed by atoms with van der Waals surface area (Å²) >= 11 is 1.71. The van der Waals surface area contributed by atoms with Gasteiger partial charge in [0, 0.05) is 0 Å². The minimum absolute atomic E-state index is 0.137. The van der Waals surface area contributed by atoms with Crippen LogP contribution >= 0.6 is 11.8 Å². The van der Waals surface area contributed by atoms with Crippen molar-refractivity contribution in [1.29, 1.82) is 0 Å². The maximum Gasteiger partial charge on any atom is 0.230 e. The molecular formula is C19H27NO3S. The van der Waals surface area contributed by atoms with Crippen LogP contribution in [-0.4, -0.2) is 30.6 Å². The van der Waals surface area contributed by atoms with E-state index in [2.05, 4.69) is 31.3 Å². The molecule has 1 amide bonds. The minimum Gasteiger partial charge on any atom is -0.486 e. The van der Waals surface area contributed by atoms with E-state index in [1.54, 1.807) is 11.8 Å². The second kappa shape index (κ2) is 7.68. The Balaban J connectivity index is 1.72. The van der Waals surface area contributed by atoms with Gasteiger partial charge in [0.05, 0.1) is 11.3 Å². The SMILES string of the molecule is CC(C)CSCC(=O)NC1(c2ccc3c(c2)OCCO3)CCCC1. The molecule has 0 spiro atoms. The molecule has 1 saturated carbocycles. The lowest BCUT2D eigenvalue weighted by Gasteiger charge is -2.32. The van der Waals surface area contributed by atoms with Gasteiger partial charge in [-0.05, 0) is 42.2 Å². The van der Waals surface area contributed by atoms with Gasteiger partial charge in [-0.15, -0.1) is 0 Å². The van der Waals surface area contributed by atoms with Gasteiger partial charge < -0.3 is 14.8 Å². The fourth-order valence-corrected chi connectivity index (χ4v) is 4.34. The van der Waals surface area contributed by atoms with E-state index < -0.39 is 0 Å². The molecule has 132 valence electrons. The number of hydrogen-bond donors (Lipinski definition) is 1. The highest BCUT2D eigenvalue weighted by Gasteiger charge is 2.37. The Kier molecular flexibility index (Phi) is 5.59. The van der Waals surface area contributed by atoms with Crippen LogP contribution in [0, 0.1) is 5.92 Å². The molecule has 1 heterocycles. The van der Waals surface area contributed by atoms with Gasteiger partial charge in [-0.25, -0.2) is 0 Å². The van der Waals surface area contributed by atoms with Crippen molar-refractivity contribution in [1.82, 2.24) is 5.32 Å². The van der Waals surface area contributed by atoms with E-state index >= 15 is 0 Å². The Hall–Kier alpha value is -1.36. The number of carbonyl (C=O) groups is 1. The first-order valence-corrected chi connectivity index (χ1v) is 10.0. The van der Waals surface area contributed by atoms with E-state index in [0.29, 0.717) is 24.9 Å². The summed E-state index contributed by atoms with van der Waals surface area (Å²) in [6.45, 7) is 5.54. The predicted octanol–water partition coefficient (Wildman–Crippen LogP) is 3.73. The molecule has 0 aromatic heterocycles. The van der Waals surface area contributed by atoms with Crippen molar-refractivity contribution in [3.63, 3.8) is 0 Å². The van der Waals surface area contributed by atoms with Crippen LogP contribution in [-0.2, 0) is 10.3 Å². The zero-order valence-corrected chi connectivity index (χ0v) is 15.4. The Labute approximate surface area is 148 Å². The van der Waals surface area contributed by atoms with E-state index in [-0.39, 0.29) is 11.4 Å². The molecule has 0 radical (unpaired) electrons. The molecule has 24 heavy (non-hydrogen) atoms. The van der Waals surface area contributed by atoms with Gasteiger partial charge in [0.25, 0.3) is 0 Å². The van der Waals surface area contributed by atoms with E-state index in [1.807, 2.05) is 6.07 Å². The molecule has 1 aromatic carbocycles. The highest BCUT2D eigenvalue weighted by molar-refractivity contribution is 7.99. The van der Waals surface area contributed by atoms with Crippen LogP contribution in [0.15, 0.2) is 18.2 Å². The maximum absolute atomic E-state index is 12.5. The van der Waals surface area contributed by atoms with Crippen molar-refractivity contribution >= 4 is 17.7 Å². The normalized spacial score (nSPS) is 18.6. The number of hydrogen-bond acceptors (Lipinski definition) is 4. The molecule has 0 saturated heterocycles. The summed E-state index contributed by atoms with van der Waals surface area (Å²) in [6.07, 6.45) is 4.28. The predicted molar refractivity (Wildman–Crippen MR) is 97.9 cm³/mol. The van der Waals surface area contributed by atoms with Crippen molar-refractivity contribution in [2.75, 3.05) is 24.7 Å². The number of benzene rings is 1. The molecule has 1 fully saturated rings. The summed E-state index contributed by atoms with van der Waals surface area (Å²) in [7, 11) is 0. The fourth-order valence-electron chi connectivity index (χ4n) is 3.50. The molecule has 5 heteroatoms. The fraction of sp³-hybridized carbons (Fsp3) is 0.632. The van der Waals surface area contributed by atoms with Crippen molar-refractivity contribution in [2.24, 2.45) is 5.92 Å². The van der Waals surface area contributed by atoms with Crippen LogP contribution < -0.4 is 14.8 Å². The van der Waals surface area contributed by atoms with Crippen molar-refractivity contribution < 1.29 is 14.3 Å². The zero-order valence-electron chi connectivity index (χ0n) is 14.6. The first-order valence-electron chi connectivity index (χ1n) is 8.88. The van der Waals surface area contributed by atoms with Crippen LogP contribution in [0.25, 0.3) is 0 Å². The molecule has 1 aliphatic heterocycles. The Bertz CT molecular complexity index is 582. The third-order valence-corrected chi connectivity index (χ3v) is 5.98. The molecule has 0 atom stereocenters. The molecule has 1 aliphatic carbocycles. The van der Waals surface area contributed by atoms with Crippen molar-refractivity contribution in [3.8, 4) is 11.5 Å². The lowest BCUT2D eigenvalue weighted by molar-refractivity contribution is -0.120. The van der Waals surface area contributed by atoms with E-state index in [0.717, 1.165) is 48.5 Å².